The van der Waals surface area contributed by atoms with Crippen molar-refractivity contribution in [1.29, 1.82) is 5.26 Å². The molecule has 1 aromatic rings. The Kier molecular flexibility index (Phi) is 2.93. The van der Waals surface area contributed by atoms with Crippen molar-refractivity contribution in [3.8, 4) is 6.07 Å². The first-order chi connectivity index (χ1) is 6.19. The number of hydrogen-bond acceptors (Lipinski definition) is 3. The van der Waals surface area contributed by atoms with Crippen molar-refractivity contribution < 1.29 is 4.39 Å². The molecule has 13 heavy (non-hydrogen) atoms. The van der Waals surface area contributed by atoms with Crippen molar-refractivity contribution in [3.63, 3.8) is 0 Å². The molecule has 1 rings (SSSR count). The van der Waals surface area contributed by atoms with E-state index in [1.807, 2.05) is 6.92 Å². The number of halogens is 1. The van der Waals surface area contributed by atoms with Crippen LogP contribution in [0.4, 0.5) is 4.39 Å². The Hall–Kier alpha value is -1.47. The lowest BCUT2D eigenvalue weighted by Gasteiger charge is -2.07. The highest BCUT2D eigenvalue weighted by atomic mass is 19.1. The Bertz CT molecular complexity index is 343. The average Bonchev–Trinajstić information content (AvgIpc) is 2.16. The molecule has 0 aromatic carbocycles. The van der Waals surface area contributed by atoms with E-state index in [0.29, 0.717) is 12.0 Å². The van der Waals surface area contributed by atoms with Gasteiger partial charge in [-0.1, -0.05) is 6.92 Å². The van der Waals surface area contributed by atoms with E-state index < -0.39 is 5.82 Å². The van der Waals surface area contributed by atoms with Gasteiger partial charge in [0.2, 0.25) is 0 Å². The summed E-state index contributed by atoms with van der Waals surface area (Å²) >= 11 is 0. The van der Waals surface area contributed by atoms with Gasteiger partial charge in [-0.3, -0.25) is 0 Å². The molecule has 1 atom stereocenters. The van der Waals surface area contributed by atoms with Gasteiger partial charge in [-0.2, -0.15) is 5.26 Å². The predicted octanol–water partition coefficient (Wildman–Crippen LogP) is 1.50. The molecule has 3 nitrogen and oxygen atoms in total. The third-order valence-corrected chi connectivity index (χ3v) is 1.84. The SMILES string of the molecule is CC[C@H](N)c1cnc(C#N)c(F)c1. The van der Waals surface area contributed by atoms with Gasteiger partial charge in [0.1, 0.15) is 6.07 Å². The molecule has 1 aromatic heterocycles. The summed E-state index contributed by atoms with van der Waals surface area (Å²) in [6, 6.07) is 2.70. The average molecular weight is 179 g/mol. The van der Waals surface area contributed by atoms with Gasteiger partial charge in [0.15, 0.2) is 11.5 Å². The van der Waals surface area contributed by atoms with Crippen LogP contribution in [-0.2, 0) is 0 Å². The van der Waals surface area contributed by atoms with Crippen LogP contribution in [0.5, 0.6) is 0 Å². The molecule has 0 bridgehead atoms. The Morgan fingerprint density at radius 3 is 2.92 bits per heavy atom. The van der Waals surface area contributed by atoms with Gasteiger partial charge in [0.25, 0.3) is 0 Å². The summed E-state index contributed by atoms with van der Waals surface area (Å²) in [5.41, 5.74) is 6.10. The fraction of sp³-hybridized carbons (Fsp3) is 0.333. The molecule has 0 aliphatic carbocycles. The second-order valence-corrected chi connectivity index (χ2v) is 2.73. The van der Waals surface area contributed by atoms with Crippen molar-refractivity contribution in [3.05, 3.63) is 29.3 Å². The maximum Gasteiger partial charge on any atom is 0.176 e. The van der Waals surface area contributed by atoms with Crippen LogP contribution in [-0.4, -0.2) is 4.98 Å². The second kappa shape index (κ2) is 3.97. The molecular weight excluding hydrogens is 169 g/mol. The van der Waals surface area contributed by atoms with Crippen LogP contribution in [0.2, 0.25) is 0 Å². The number of nitrogens with zero attached hydrogens (tertiary/aromatic N) is 2. The van der Waals surface area contributed by atoms with E-state index in [1.54, 1.807) is 6.07 Å². The first-order valence-electron chi connectivity index (χ1n) is 4.00. The Morgan fingerprint density at radius 1 is 1.77 bits per heavy atom. The molecule has 4 heteroatoms. The lowest BCUT2D eigenvalue weighted by Crippen LogP contribution is -2.09. The van der Waals surface area contributed by atoms with Crippen molar-refractivity contribution in [2.75, 3.05) is 0 Å². The van der Waals surface area contributed by atoms with Crippen molar-refractivity contribution in [2.45, 2.75) is 19.4 Å². The molecule has 0 fully saturated rings. The molecule has 0 spiro atoms. The number of aromatic nitrogens is 1. The highest BCUT2D eigenvalue weighted by molar-refractivity contribution is 5.26. The van der Waals surface area contributed by atoms with E-state index >= 15 is 0 Å². The van der Waals surface area contributed by atoms with Crippen LogP contribution in [0, 0.1) is 17.1 Å². The largest absolute Gasteiger partial charge is 0.324 e. The molecule has 0 amide bonds. The number of hydrogen-bond donors (Lipinski definition) is 1. The minimum absolute atomic E-state index is 0.188. The molecular formula is C9H10FN3. The van der Waals surface area contributed by atoms with E-state index in [9.17, 15) is 4.39 Å². The lowest BCUT2D eigenvalue weighted by molar-refractivity contribution is 0.604. The van der Waals surface area contributed by atoms with Crippen LogP contribution in [0.1, 0.15) is 30.6 Å². The Balaban J connectivity index is 3.04. The van der Waals surface area contributed by atoms with Gasteiger partial charge in [-0.25, -0.2) is 9.37 Å². The summed E-state index contributed by atoms with van der Waals surface area (Å²) < 4.78 is 13.0. The van der Waals surface area contributed by atoms with E-state index in [2.05, 4.69) is 4.98 Å². The van der Waals surface area contributed by atoms with Crippen LogP contribution >= 0.6 is 0 Å². The summed E-state index contributed by atoms with van der Waals surface area (Å²) in [6.45, 7) is 1.90. The first-order valence-corrected chi connectivity index (χ1v) is 4.00. The standard InChI is InChI=1S/C9H10FN3/c1-2-8(12)6-3-7(10)9(4-11)13-5-6/h3,5,8H,2,12H2,1H3/t8-/m0/s1. The highest BCUT2D eigenvalue weighted by Crippen LogP contribution is 2.14. The first kappa shape index (κ1) is 9.62. The Labute approximate surface area is 76.0 Å². The van der Waals surface area contributed by atoms with Crippen molar-refractivity contribution >= 4 is 0 Å². The molecule has 68 valence electrons. The zero-order chi connectivity index (χ0) is 9.84. The van der Waals surface area contributed by atoms with E-state index in [4.69, 9.17) is 11.0 Å². The molecule has 0 unspecified atom stereocenters. The maximum atomic E-state index is 13.0. The second-order valence-electron chi connectivity index (χ2n) is 2.73. The normalized spacial score (nSPS) is 12.2. The van der Waals surface area contributed by atoms with E-state index in [0.717, 1.165) is 0 Å². The number of rotatable bonds is 2. The number of nitrogens with two attached hydrogens (primary N) is 1. The molecule has 0 saturated heterocycles. The van der Waals surface area contributed by atoms with Crippen LogP contribution in [0.3, 0.4) is 0 Å². The summed E-state index contributed by atoms with van der Waals surface area (Å²) in [6.07, 6.45) is 2.16. The summed E-state index contributed by atoms with van der Waals surface area (Å²) in [4.78, 5) is 3.65. The smallest absolute Gasteiger partial charge is 0.176 e. The third kappa shape index (κ3) is 2.01. The molecule has 0 saturated carbocycles. The fourth-order valence-electron chi connectivity index (χ4n) is 0.973. The van der Waals surface area contributed by atoms with E-state index in [1.165, 1.54) is 12.3 Å². The molecule has 1 heterocycles. The minimum atomic E-state index is -0.607. The van der Waals surface area contributed by atoms with Gasteiger partial charge >= 0.3 is 0 Å². The van der Waals surface area contributed by atoms with Gasteiger partial charge in [-0.05, 0) is 18.1 Å². The number of pyridine rings is 1. The lowest BCUT2D eigenvalue weighted by atomic mass is 10.1. The molecule has 0 radical (unpaired) electrons. The molecule has 0 aliphatic rings. The highest BCUT2D eigenvalue weighted by Gasteiger charge is 2.08. The topological polar surface area (TPSA) is 62.7 Å². The minimum Gasteiger partial charge on any atom is -0.324 e. The van der Waals surface area contributed by atoms with Crippen LogP contribution < -0.4 is 5.73 Å². The summed E-state index contributed by atoms with van der Waals surface area (Å²) in [5.74, 6) is -0.607. The van der Waals surface area contributed by atoms with Gasteiger partial charge in [-0.15, -0.1) is 0 Å². The predicted molar refractivity (Wildman–Crippen MR) is 46.1 cm³/mol. The van der Waals surface area contributed by atoms with Gasteiger partial charge in [0, 0.05) is 12.2 Å². The van der Waals surface area contributed by atoms with Crippen molar-refractivity contribution in [2.24, 2.45) is 5.73 Å². The monoisotopic (exact) mass is 179 g/mol. The number of nitriles is 1. The quantitative estimate of drug-likeness (QED) is 0.748. The fourth-order valence-corrected chi connectivity index (χ4v) is 0.973. The molecule has 0 aliphatic heterocycles. The summed E-state index contributed by atoms with van der Waals surface area (Å²) in [7, 11) is 0. The zero-order valence-corrected chi connectivity index (χ0v) is 7.29. The zero-order valence-electron chi connectivity index (χ0n) is 7.29. The Morgan fingerprint density at radius 2 is 2.46 bits per heavy atom. The summed E-state index contributed by atoms with van der Waals surface area (Å²) in [5, 5.41) is 8.42. The third-order valence-electron chi connectivity index (χ3n) is 1.84. The van der Waals surface area contributed by atoms with Crippen LogP contribution in [0.15, 0.2) is 12.3 Å². The maximum absolute atomic E-state index is 13.0. The van der Waals surface area contributed by atoms with Crippen molar-refractivity contribution in [1.82, 2.24) is 4.98 Å². The molecule has 2 N–H and O–H groups in total. The van der Waals surface area contributed by atoms with E-state index in [-0.39, 0.29) is 11.7 Å². The van der Waals surface area contributed by atoms with Gasteiger partial charge in [0.05, 0.1) is 0 Å². The van der Waals surface area contributed by atoms with Crippen LogP contribution in [0.25, 0.3) is 0 Å². The van der Waals surface area contributed by atoms with Gasteiger partial charge < -0.3 is 5.73 Å².